The molecule has 0 spiro atoms. The summed E-state index contributed by atoms with van der Waals surface area (Å²) >= 11 is 0. The first-order valence-electron chi connectivity index (χ1n) is 9.05. The fourth-order valence-electron chi connectivity index (χ4n) is 2.70. The first-order chi connectivity index (χ1) is 14.8. The number of aryl methyl sites for hydroxylation is 1. The lowest BCUT2D eigenvalue weighted by Crippen LogP contribution is -2.22. The van der Waals surface area contributed by atoms with Crippen LogP contribution >= 0.6 is 0 Å². The van der Waals surface area contributed by atoms with Crippen LogP contribution in [0, 0.1) is 0 Å². The van der Waals surface area contributed by atoms with Crippen molar-refractivity contribution in [1.29, 1.82) is 0 Å². The van der Waals surface area contributed by atoms with Gasteiger partial charge < -0.3 is 15.4 Å². The van der Waals surface area contributed by atoms with Gasteiger partial charge in [-0.1, -0.05) is 6.07 Å². The molecular weight excluding hydrogens is 422 g/mol. The lowest BCUT2D eigenvalue weighted by molar-refractivity contribution is 0.0958. The topological polar surface area (TPSA) is 148 Å². The van der Waals surface area contributed by atoms with Crippen molar-refractivity contribution < 1.29 is 13.7 Å². The van der Waals surface area contributed by atoms with Crippen LogP contribution in [0.15, 0.2) is 35.0 Å². The van der Waals surface area contributed by atoms with Crippen molar-refractivity contribution in [3.8, 4) is 17.1 Å². The summed E-state index contributed by atoms with van der Waals surface area (Å²) in [5.74, 6) is 0.709. The minimum Gasteiger partial charge on any atom is -0.494 e. The molecule has 1 unspecified atom stereocenters. The standard InChI is InChI=1S/C18H23N9O3S/c1-19-18(28)15-13(9-14(23-24-15)26-31(5,29)20-2)22-12-8-6-7-11(16(12)30-4)17-21-10-27(3)25-17/h6-10H,1-5H3,(H,19,28)(H2,20,22,23,26,29). The SMILES string of the molecule is CN=S(C)(=O)Nc1cc(Nc2cccc(-c3ncn(C)n3)c2OC)c(C(=O)NC)nn1. The maximum atomic E-state index is 12.3. The van der Waals surface area contributed by atoms with Gasteiger partial charge in [0.25, 0.3) is 5.91 Å². The second-order valence-electron chi connectivity index (χ2n) is 6.41. The highest BCUT2D eigenvalue weighted by molar-refractivity contribution is 7.94. The molecule has 0 aliphatic rings. The van der Waals surface area contributed by atoms with Crippen LogP contribution in [0.2, 0.25) is 0 Å². The number of nitrogens with zero attached hydrogens (tertiary/aromatic N) is 6. The second-order valence-corrected chi connectivity index (χ2v) is 8.59. The van der Waals surface area contributed by atoms with E-state index >= 15 is 0 Å². The Morgan fingerprint density at radius 1 is 1.26 bits per heavy atom. The van der Waals surface area contributed by atoms with Gasteiger partial charge >= 0.3 is 0 Å². The number of benzene rings is 1. The van der Waals surface area contributed by atoms with Crippen LogP contribution < -0.4 is 20.1 Å². The van der Waals surface area contributed by atoms with Crippen molar-refractivity contribution in [3.05, 3.63) is 36.3 Å². The molecule has 0 saturated carbocycles. The maximum Gasteiger partial charge on any atom is 0.273 e. The molecular formula is C18H23N9O3S. The molecule has 164 valence electrons. The number of ether oxygens (including phenoxy) is 1. The molecule has 2 heterocycles. The number of anilines is 3. The van der Waals surface area contributed by atoms with E-state index in [0.29, 0.717) is 28.5 Å². The summed E-state index contributed by atoms with van der Waals surface area (Å²) in [7, 11) is 3.52. The number of hydrogen-bond donors (Lipinski definition) is 3. The summed E-state index contributed by atoms with van der Waals surface area (Å²) in [4.78, 5) is 16.6. The molecule has 1 aromatic carbocycles. The first kappa shape index (κ1) is 22.0. The second kappa shape index (κ2) is 8.95. The van der Waals surface area contributed by atoms with Crippen molar-refractivity contribution in [2.75, 3.05) is 37.5 Å². The molecule has 3 N–H and O–H groups in total. The van der Waals surface area contributed by atoms with E-state index in [1.807, 2.05) is 6.07 Å². The van der Waals surface area contributed by atoms with Gasteiger partial charge in [-0.05, 0) is 12.1 Å². The summed E-state index contributed by atoms with van der Waals surface area (Å²) in [6.45, 7) is 0. The van der Waals surface area contributed by atoms with E-state index in [0.717, 1.165) is 0 Å². The summed E-state index contributed by atoms with van der Waals surface area (Å²) < 4.78 is 26.0. The molecule has 0 radical (unpaired) electrons. The molecule has 2 aromatic heterocycles. The van der Waals surface area contributed by atoms with E-state index in [9.17, 15) is 9.00 Å². The Kier molecular flexibility index (Phi) is 6.34. The molecule has 0 bridgehead atoms. The summed E-state index contributed by atoms with van der Waals surface area (Å²) in [5, 5.41) is 17.9. The molecule has 0 saturated heterocycles. The quantitative estimate of drug-likeness (QED) is 0.495. The van der Waals surface area contributed by atoms with Crippen LogP contribution in [0.25, 0.3) is 11.4 Å². The van der Waals surface area contributed by atoms with Gasteiger partial charge in [0.15, 0.2) is 23.1 Å². The fraction of sp³-hybridized carbons (Fsp3) is 0.278. The first-order valence-corrected chi connectivity index (χ1v) is 11.0. The van der Waals surface area contributed by atoms with E-state index in [-0.39, 0.29) is 11.5 Å². The molecule has 0 fully saturated rings. The molecule has 3 aromatic rings. The van der Waals surface area contributed by atoms with Gasteiger partial charge in [0.05, 0.1) is 24.0 Å². The predicted octanol–water partition coefficient (Wildman–Crippen LogP) is 1.44. The number of para-hydroxylation sites is 1. The van der Waals surface area contributed by atoms with E-state index in [2.05, 4.69) is 40.0 Å². The molecule has 1 atom stereocenters. The lowest BCUT2D eigenvalue weighted by atomic mass is 10.1. The zero-order chi connectivity index (χ0) is 22.6. The van der Waals surface area contributed by atoms with Crippen LogP contribution in [0.3, 0.4) is 0 Å². The van der Waals surface area contributed by atoms with Crippen LogP contribution in [-0.2, 0) is 17.0 Å². The lowest BCUT2D eigenvalue weighted by Gasteiger charge is -2.16. The number of nitrogens with one attached hydrogen (secondary N) is 3. The van der Waals surface area contributed by atoms with Gasteiger partial charge in [0.2, 0.25) is 0 Å². The Balaban J connectivity index is 2.08. The predicted molar refractivity (Wildman–Crippen MR) is 118 cm³/mol. The normalized spacial score (nSPS) is 12.5. The third-order valence-corrected chi connectivity index (χ3v) is 5.49. The number of rotatable bonds is 7. The third-order valence-electron chi connectivity index (χ3n) is 4.21. The zero-order valence-electron chi connectivity index (χ0n) is 17.7. The monoisotopic (exact) mass is 445 g/mol. The molecule has 1 amide bonds. The van der Waals surface area contributed by atoms with Gasteiger partial charge in [0.1, 0.15) is 16.2 Å². The number of carbonyl (C=O) groups excluding carboxylic acids is 1. The Bertz CT molecular complexity index is 1230. The van der Waals surface area contributed by atoms with Gasteiger partial charge in [-0.3, -0.25) is 14.2 Å². The number of amides is 1. The molecule has 0 aliphatic carbocycles. The van der Waals surface area contributed by atoms with Crippen molar-refractivity contribution in [2.45, 2.75) is 0 Å². The Labute approximate surface area is 179 Å². The van der Waals surface area contributed by atoms with Crippen molar-refractivity contribution in [2.24, 2.45) is 11.4 Å². The fourth-order valence-corrected chi connectivity index (χ4v) is 3.28. The summed E-state index contributed by atoms with van der Waals surface area (Å²) in [5.41, 5.74) is 1.59. The summed E-state index contributed by atoms with van der Waals surface area (Å²) in [6, 6.07) is 6.93. The summed E-state index contributed by atoms with van der Waals surface area (Å²) in [6.07, 6.45) is 3.02. The van der Waals surface area contributed by atoms with Crippen molar-refractivity contribution >= 4 is 33.0 Å². The average Bonchev–Trinajstić information content (AvgIpc) is 3.19. The highest BCUT2D eigenvalue weighted by Crippen LogP contribution is 2.37. The van der Waals surface area contributed by atoms with E-state index < -0.39 is 15.8 Å². The Hall–Kier alpha value is -3.74. The van der Waals surface area contributed by atoms with Gasteiger partial charge in [-0.2, -0.15) is 5.10 Å². The Morgan fingerprint density at radius 3 is 2.65 bits per heavy atom. The van der Waals surface area contributed by atoms with Gasteiger partial charge in [0, 0.05) is 33.5 Å². The molecule has 3 rings (SSSR count). The van der Waals surface area contributed by atoms with Crippen LogP contribution in [-0.4, -0.2) is 62.5 Å². The highest BCUT2D eigenvalue weighted by Gasteiger charge is 2.19. The van der Waals surface area contributed by atoms with Gasteiger partial charge in [-0.15, -0.1) is 10.2 Å². The molecule has 0 aliphatic heterocycles. The maximum absolute atomic E-state index is 12.3. The minimum absolute atomic E-state index is 0.0486. The minimum atomic E-state index is -2.70. The number of carbonyl (C=O) groups is 1. The van der Waals surface area contributed by atoms with E-state index in [1.54, 1.807) is 30.2 Å². The van der Waals surface area contributed by atoms with E-state index in [4.69, 9.17) is 4.74 Å². The molecule has 12 nitrogen and oxygen atoms in total. The Morgan fingerprint density at radius 2 is 2.03 bits per heavy atom. The van der Waals surface area contributed by atoms with E-state index in [1.165, 1.54) is 33.5 Å². The average molecular weight is 446 g/mol. The number of aromatic nitrogens is 5. The largest absolute Gasteiger partial charge is 0.494 e. The zero-order valence-corrected chi connectivity index (χ0v) is 18.5. The smallest absolute Gasteiger partial charge is 0.273 e. The van der Waals surface area contributed by atoms with Gasteiger partial charge in [-0.25, -0.2) is 13.6 Å². The number of methoxy groups -OCH3 is 1. The van der Waals surface area contributed by atoms with Crippen molar-refractivity contribution in [1.82, 2.24) is 30.3 Å². The van der Waals surface area contributed by atoms with Crippen LogP contribution in [0.4, 0.5) is 17.2 Å². The molecule has 13 heteroatoms. The van der Waals surface area contributed by atoms with Crippen LogP contribution in [0.5, 0.6) is 5.75 Å². The highest BCUT2D eigenvalue weighted by atomic mass is 32.2. The number of hydrogen-bond acceptors (Lipinski definition) is 9. The van der Waals surface area contributed by atoms with Crippen molar-refractivity contribution in [3.63, 3.8) is 0 Å². The van der Waals surface area contributed by atoms with Crippen LogP contribution in [0.1, 0.15) is 10.5 Å². The third kappa shape index (κ3) is 4.88. The molecule has 31 heavy (non-hydrogen) atoms.